The summed E-state index contributed by atoms with van der Waals surface area (Å²) in [5.74, 6) is 0.199. The lowest BCUT2D eigenvalue weighted by Gasteiger charge is -2.23. The molecule has 1 saturated heterocycles. The highest BCUT2D eigenvalue weighted by Crippen LogP contribution is 2.16. The van der Waals surface area contributed by atoms with E-state index in [1.807, 2.05) is 35.2 Å². The van der Waals surface area contributed by atoms with Crippen molar-refractivity contribution in [3.05, 3.63) is 60.2 Å². The monoisotopic (exact) mass is 309 g/mol. The van der Waals surface area contributed by atoms with E-state index in [0.29, 0.717) is 6.42 Å². The number of nitrogen functional groups attached to an aromatic ring is 1. The van der Waals surface area contributed by atoms with Crippen molar-refractivity contribution in [2.75, 3.05) is 36.8 Å². The Morgan fingerprint density at radius 2 is 1.65 bits per heavy atom. The number of carbonyl (C=O) groups excluding carboxylic acids is 1. The second-order valence-electron chi connectivity index (χ2n) is 5.98. The van der Waals surface area contributed by atoms with Crippen LogP contribution in [-0.2, 0) is 11.2 Å². The first-order valence-electron chi connectivity index (χ1n) is 8.14. The predicted octanol–water partition coefficient (Wildman–Crippen LogP) is 2.55. The molecular weight excluding hydrogens is 286 g/mol. The molecule has 1 aliphatic rings. The molecule has 0 radical (unpaired) electrons. The quantitative estimate of drug-likeness (QED) is 0.887. The fourth-order valence-electron chi connectivity index (χ4n) is 2.99. The Balaban J connectivity index is 1.59. The van der Waals surface area contributed by atoms with Crippen LogP contribution in [0.4, 0.5) is 11.4 Å². The van der Waals surface area contributed by atoms with Crippen molar-refractivity contribution in [2.24, 2.45) is 0 Å². The summed E-state index contributed by atoms with van der Waals surface area (Å²) < 4.78 is 0. The Morgan fingerprint density at radius 3 is 2.39 bits per heavy atom. The van der Waals surface area contributed by atoms with E-state index in [4.69, 9.17) is 5.73 Å². The normalized spacial score (nSPS) is 15.3. The van der Waals surface area contributed by atoms with Gasteiger partial charge >= 0.3 is 0 Å². The molecule has 120 valence electrons. The van der Waals surface area contributed by atoms with Gasteiger partial charge in [0.15, 0.2) is 0 Å². The maximum absolute atomic E-state index is 12.5. The van der Waals surface area contributed by atoms with E-state index >= 15 is 0 Å². The zero-order valence-electron chi connectivity index (χ0n) is 13.3. The molecule has 4 heteroatoms. The van der Waals surface area contributed by atoms with Crippen molar-refractivity contribution in [3.8, 4) is 0 Å². The van der Waals surface area contributed by atoms with Gasteiger partial charge in [0, 0.05) is 37.6 Å². The van der Waals surface area contributed by atoms with Crippen molar-refractivity contribution in [2.45, 2.75) is 12.8 Å². The van der Waals surface area contributed by atoms with Gasteiger partial charge in [-0.05, 0) is 36.2 Å². The average molecular weight is 309 g/mol. The molecule has 2 aromatic carbocycles. The molecule has 1 fully saturated rings. The molecule has 0 atom stereocenters. The molecule has 2 aromatic rings. The number of nitrogens with zero attached hydrogens (tertiary/aromatic N) is 2. The number of anilines is 2. The minimum Gasteiger partial charge on any atom is -0.399 e. The zero-order valence-corrected chi connectivity index (χ0v) is 13.3. The molecule has 1 amide bonds. The molecular formula is C19H23N3O. The maximum atomic E-state index is 12.5. The largest absolute Gasteiger partial charge is 0.399 e. The van der Waals surface area contributed by atoms with Gasteiger partial charge in [-0.2, -0.15) is 0 Å². The molecule has 1 aliphatic heterocycles. The summed E-state index contributed by atoms with van der Waals surface area (Å²) in [6.45, 7) is 3.49. The first kappa shape index (κ1) is 15.4. The first-order chi connectivity index (χ1) is 11.2. The summed E-state index contributed by atoms with van der Waals surface area (Å²) in [5, 5.41) is 0. The summed E-state index contributed by atoms with van der Waals surface area (Å²) in [6.07, 6.45) is 1.45. The van der Waals surface area contributed by atoms with Crippen LogP contribution in [0.5, 0.6) is 0 Å². The second-order valence-corrected chi connectivity index (χ2v) is 5.98. The standard InChI is InChI=1S/C19H23N3O/c20-17-9-7-16(8-10-17)15-19(23)22-12-4-11-21(13-14-22)18-5-2-1-3-6-18/h1-3,5-10H,4,11-15,20H2. The van der Waals surface area contributed by atoms with Crippen LogP contribution < -0.4 is 10.6 Å². The molecule has 2 N–H and O–H groups in total. The second kappa shape index (κ2) is 7.18. The van der Waals surface area contributed by atoms with E-state index in [-0.39, 0.29) is 5.91 Å². The number of carbonyl (C=O) groups is 1. The fraction of sp³-hybridized carbons (Fsp3) is 0.316. The van der Waals surface area contributed by atoms with Crippen LogP contribution in [0.3, 0.4) is 0 Å². The van der Waals surface area contributed by atoms with Gasteiger partial charge in [-0.1, -0.05) is 30.3 Å². The number of para-hydroxylation sites is 1. The number of nitrogens with two attached hydrogens (primary N) is 1. The molecule has 0 saturated carbocycles. The van der Waals surface area contributed by atoms with Crippen molar-refractivity contribution in [3.63, 3.8) is 0 Å². The molecule has 3 rings (SSSR count). The fourth-order valence-corrected chi connectivity index (χ4v) is 2.99. The van der Waals surface area contributed by atoms with Crippen molar-refractivity contribution in [1.82, 2.24) is 4.90 Å². The van der Waals surface area contributed by atoms with Crippen LogP contribution in [-0.4, -0.2) is 37.0 Å². The van der Waals surface area contributed by atoms with Crippen LogP contribution in [0.1, 0.15) is 12.0 Å². The zero-order chi connectivity index (χ0) is 16.1. The summed E-state index contributed by atoms with van der Waals surface area (Å²) in [4.78, 5) is 16.9. The van der Waals surface area contributed by atoms with Gasteiger partial charge in [-0.3, -0.25) is 4.79 Å². The highest BCUT2D eigenvalue weighted by molar-refractivity contribution is 5.79. The van der Waals surface area contributed by atoms with Crippen molar-refractivity contribution < 1.29 is 4.79 Å². The first-order valence-corrected chi connectivity index (χ1v) is 8.14. The van der Waals surface area contributed by atoms with Crippen LogP contribution in [0.25, 0.3) is 0 Å². The lowest BCUT2D eigenvalue weighted by molar-refractivity contribution is -0.130. The SMILES string of the molecule is Nc1ccc(CC(=O)N2CCCN(c3ccccc3)CC2)cc1. The van der Waals surface area contributed by atoms with Crippen molar-refractivity contribution >= 4 is 17.3 Å². The Morgan fingerprint density at radius 1 is 0.913 bits per heavy atom. The van der Waals surface area contributed by atoms with E-state index in [2.05, 4.69) is 29.2 Å². The highest BCUT2D eigenvalue weighted by atomic mass is 16.2. The maximum Gasteiger partial charge on any atom is 0.227 e. The highest BCUT2D eigenvalue weighted by Gasteiger charge is 2.19. The summed E-state index contributed by atoms with van der Waals surface area (Å²) in [6, 6.07) is 18.0. The summed E-state index contributed by atoms with van der Waals surface area (Å²) in [5.41, 5.74) is 8.68. The van der Waals surface area contributed by atoms with E-state index < -0.39 is 0 Å². The predicted molar refractivity (Wildman–Crippen MR) is 94.4 cm³/mol. The van der Waals surface area contributed by atoms with Gasteiger partial charge in [-0.15, -0.1) is 0 Å². The third-order valence-corrected chi connectivity index (χ3v) is 4.31. The number of hydrogen-bond donors (Lipinski definition) is 1. The number of benzene rings is 2. The Labute approximate surface area is 137 Å². The van der Waals surface area contributed by atoms with Crippen LogP contribution in [0.2, 0.25) is 0 Å². The summed E-state index contributed by atoms with van der Waals surface area (Å²) >= 11 is 0. The molecule has 0 aromatic heterocycles. The molecule has 0 spiro atoms. The molecule has 4 nitrogen and oxygen atoms in total. The number of rotatable bonds is 3. The Kier molecular flexibility index (Phi) is 4.81. The van der Waals surface area contributed by atoms with Gasteiger partial charge in [0.25, 0.3) is 0 Å². The molecule has 0 unspecified atom stereocenters. The average Bonchev–Trinajstić information content (AvgIpc) is 2.84. The van der Waals surface area contributed by atoms with E-state index in [0.717, 1.165) is 43.9 Å². The topological polar surface area (TPSA) is 49.6 Å². The van der Waals surface area contributed by atoms with Crippen LogP contribution in [0, 0.1) is 0 Å². The van der Waals surface area contributed by atoms with Gasteiger partial charge in [0.2, 0.25) is 5.91 Å². The Bertz CT molecular complexity index is 639. The lowest BCUT2D eigenvalue weighted by Crippen LogP contribution is -2.36. The Hall–Kier alpha value is -2.49. The van der Waals surface area contributed by atoms with Crippen LogP contribution >= 0.6 is 0 Å². The molecule has 23 heavy (non-hydrogen) atoms. The molecule has 1 heterocycles. The van der Waals surface area contributed by atoms with Gasteiger partial charge < -0.3 is 15.5 Å². The van der Waals surface area contributed by atoms with E-state index in [9.17, 15) is 4.79 Å². The number of hydrogen-bond acceptors (Lipinski definition) is 3. The smallest absolute Gasteiger partial charge is 0.227 e. The summed E-state index contributed by atoms with van der Waals surface area (Å²) in [7, 11) is 0. The molecule has 0 bridgehead atoms. The third kappa shape index (κ3) is 4.03. The van der Waals surface area contributed by atoms with Crippen LogP contribution in [0.15, 0.2) is 54.6 Å². The van der Waals surface area contributed by atoms with E-state index in [1.165, 1.54) is 5.69 Å². The number of amides is 1. The lowest BCUT2D eigenvalue weighted by atomic mass is 10.1. The molecule has 0 aliphatic carbocycles. The minimum absolute atomic E-state index is 0.199. The van der Waals surface area contributed by atoms with Gasteiger partial charge in [0.05, 0.1) is 6.42 Å². The van der Waals surface area contributed by atoms with E-state index in [1.54, 1.807) is 0 Å². The van der Waals surface area contributed by atoms with Gasteiger partial charge in [-0.25, -0.2) is 0 Å². The van der Waals surface area contributed by atoms with Crippen molar-refractivity contribution in [1.29, 1.82) is 0 Å². The van der Waals surface area contributed by atoms with Gasteiger partial charge in [0.1, 0.15) is 0 Å². The minimum atomic E-state index is 0.199. The third-order valence-electron chi connectivity index (χ3n) is 4.31.